The Morgan fingerprint density at radius 2 is 1.60 bits per heavy atom. The zero-order valence-corrected chi connectivity index (χ0v) is 26.0. The van der Waals surface area contributed by atoms with Crippen molar-refractivity contribution in [1.82, 2.24) is 4.90 Å². The van der Waals surface area contributed by atoms with E-state index in [-0.39, 0.29) is 55.2 Å². The van der Waals surface area contributed by atoms with Gasteiger partial charge in [0.2, 0.25) is 5.91 Å². The quantitative estimate of drug-likeness (QED) is 0.0685. The number of nitrogen functional groups attached to an aromatic ring is 1. The van der Waals surface area contributed by atoms with Gasteiger partial charge in [-0.15, -0.1) is 37.2 Å². The molecule has 8 N–H and O–H groups in total. The van der Waals surface area contributed by atoms with Crippen LogP contribution < -0.4 is 27.3 Å². The fourth-order valence-electron chi connectivity index (χ4n) is 4.50. The summed E-state index contributed by atoms with van der Waals surface area (Å²) in [6.07, 6.45) is 1.87. The molecule has 1 heterocycles. The molecule has 0 radical (unpaired) electrons. The van der Waals surface area contributed by atoms with Crippen LogP contribution in [0.25, 0.3) is 10.8 Å². The van der Waals surface area contributed by atoms with Crippen molar-refractivity contribution < 1.29 is 19.1 Å². The lowest BCUT2D eigenvalue weighted by molar-refractivity contribution is -0.117. The smallest absolute Gasteiger partial charge is 0.343 e. The fourth-order valence-corrected chi connectivity index (χ4v) is 4.50. The van der Waals surface area contributed by atoms with Crippen LogP contribution in [0.2, 0.25) is 0 Å². The summed E-state index contributed by atoms with van der Waals surface area (Å²) in [4.78, 5) is 31.5. The van der Waals surface area contributed by atoms with Crippen molar-refractivity contribution in [3.63, 3.8) is 0 Å². The molecule has 4 rings (SSSR count). The largest absolute Gasteiger partial charge is 0.423 e. The number of nitrogens with zero attached hydrogens (tertiary/aromatic N) is 2. The molecule has 3 aromatic carbocycles. The molecule has 3 aromatic rings. The Labute approximate surface area is 269 Å². The van der Waals surface area contributed by atoms with E-state index in [9.17, 15) is 9.59 Å². The third-order valence-electron chi connectivity index (χ3n) is 6.61. The molecule has 234 valence electrons. The minimum absolute atomic E-state index is 0. The lowest BCUT2D eigenvalue weighted by atomic mass is 9.98. The average molecular weight is 655 g/mol. The number of hydrogen-bond donors (Lipinski definition) is 5. The summed E-state index contributed by atoms with van der Waals surface area (Å²) in [6.45, 7) is 5.23. The summed E-state index contributed by atoms with van der Waals surface area (Å²) in [6, 6.07) is 15.2. The van der Waals surface area contributed by atoms with Crippen molar-refractivity contribution in [2.75, 3.05) is 44.7 Å². The molecule has 1 fully saturated rings. The normalized spacial score (nSPS) is 13.2. The summed E-state index contributed by atoms with van der Waals surface area (Å²) >= 11 is 0. The number of amidine groups is 1. The highest BCUT2D eigenvalue weighted by molar-refractivity contribution is 6.01. The molecule has 0 spiro atoms. The van der Waals surface area contributed by atoms with Gasteiger partial charge in [0.15, 0.2) is 5.96 Å². The van der Waals surface area contributed by atoms with Crippen molar-refractivity contribution in [3.8, 4) is 5.75 Å². The number of halogens is 3. The maximum absolute atomic E-state index is 12.9. The molecule has 1 saturated heterocycles. The highest BCUT2D eigenvalue weighted by Crippen LogP contribution is 2.30. The number of primary amides is 1. The topological polar surface area (TPSA) is 182 Å². The van der Waals surface area contributed by atoms with Crippen LogP contribution in [0.4, 0.5) is 5.69 Å². The van der Waals surface area contributed by atoms with Crippen molar-refractivity contribution in [2.24, 2.45) is 22.2 Å². The summed E-state index contributed by atoms with van der Waals surface area (Å²) in [5, 5.41) is 12.1. The Kier molecular flexibility index (Phi) is 15.8. The molecular weight excluding hydrogens is 617 g/mol. The number of nitrogens with two attached hydrogens (primary N) is 3. The van der Waals surface area contributed by atoms with Gasteiger partial charge in [0.1, 0.15) is 11.6 Å². The number of esters is 1. The standard InChI is InChI=1S/C29H35N7O4.3ClH/c30-26(37)18-24-23-9-5-21(27(31)32)17-20(23)6-10-25(24)40-28(38)19-3-7-22(8-4-19)35-29(33)34-11-1-2-12-36-13-15-39-16-14-36;;;/h3-10,17H,1-2,11-16,18H2,(H2,30,37)(H3,31,32)(H3,33,34,35);3*1H. The van der Waals surface area contributed by atoms with Gasteiger partial charge in [0.05, 0.1) is 25.2 Å². The molecule has 1 amide bonds. The third-order valence-corrected chi connectivity index (χ3v) is 6.61. The molecular formula is C29H38Cl3N7O4. The molecule has 1 aliphatic rings. The number of ether oxygens (including phenoxy) is 2. The van der Waals surface area contributed by atoms with E-state index < -0.39 is 11.9 Å². The Morgan fingerprint density at radius 3 is 2.26 bits per heavy atom. The van der Waals surface area contributed by atoms with E-state index in [1.54, 1.807) is 54.6 Å². The van der Waals surface area contributed by atoms with E-state index in [0.29, 0.717) is 40.3 Å². The number of carbonyl (C=O) groups is 2. The predicted octanol–water partition coefficient (Wildman–Crippen LogP) is 3.48. The van der Waals surface area contributed by atoms with Gasteiger partial charge in [-0.2, -0.15) is 0 Å². The van der Waals surface area contributed by atoms with Crippen LogP contribution in [0, 0.1) is 5.41 Å². The van der Waals surface area contributed by atoms with Crippen LogP contribution >= 0.6 is 37.2 Å². The molecule has 0 aliphatic carbocycles. The van der Waals surface area contributed by atoms with Gasteiger partial charge in [-0.3, -0.25) is 20.1 Å². The number of aliphatic imine (C=N–C) groups is 1. The first kappa shape index (κ1) is 37.4. The zero-order valence-electron chi connectivity index (χ0n) is 23.5. The second kappa shape index (κ2) is 18.1. The molecule has 14 heteroatoms. The second-order valence-corrected chi connectivity index (χ2v) is 9.55. The number of rotatable bonds is 11. The van der Waals surface area contributed by atoms with Gasteiger partial charge in [-0.1, -0.05) is 18.2 Å². The van der Waals surface area contributed by atoms with Crippen molar-refractivity contribution in [2.45, 2.75) is 19.3 Å². The van der Waals surface area contributed by atoms with E-state index in [4.69, 9.17) is 32.1 Å². The second-order valence-electron chi connectivity index (χ2n) is 9.55. The first-order valence-electron chi connectivity index (χ1n) is 13.2. The summed E-state index contributed by atoms with van der Waals surface area (Å²) in [5.74, 6) is -0.675. The van der Waals surface area contributed by atoms with Gasteiger partial charge in [0.25, 0.3) is 0 Å². The van der Waals surface area contributed by atoms with E-state index in [2.05, 4.69) is 15.2 Å². The van der Waals surface area contributed by atoms with Crippen LogP contribution in [0.5, 0.6) is 5.75 Å². The minimum Gasteiger partial charge on any atom is -0.423 e. The Morgan fingerprint density at radius 1 is 0.930 bits per heavy atom. The zero-order chi connectivity index (χ0) is 28.5. The van der Waals surface area contributed by atoms with Crippen molar-refractivity contribution in [1.29, 1.82) is 5.41 Å². The Hall–Kier alpha value is -3.61. The molecule has 43 heavy (non-hydrogen) atoms. The lowest BCUT2D eigenvalue weighted by Gasteiger charge is -2.26. The predicted molar refractivity (Wildman–Crippen MR) is 178 cm³/mol. The van der Waals surface area contributed by atoms with Crippen LogP contribution in [0.15, 0.2) is 59.6 Å². The van der Waals surface area contributed by atoms with Crippen molar-refractivity contribution >= 4 is 77.4 Å². The SMILES string of the molecule is Cl.Cl.Cl.N=C(N)c1ccc2c(CC(N)=O)c(OC(=O)c3ccc(NC(N)=NCCCCN4CCOCC4)cc3)ccc2c1. The number of anilines is 1. The van der Waals surface area contributed by atoms with Crippen LogP contribution in [-0.2, 0) is 16.0 Å². The summed E-state index contributed by atoms with van der Waals surface area (Å²) in [7, 11) is 0. The van der Waals surface area contributed by atoms with Crippen LogP contribution in [-0.4, -0.2) is 68.0 Å². The number of fused-ring (bicyclic) bond motifs is 1. The number of unbranched alkanes of at least 4 members (excludes halogenated alkanes) is 1. The van der Waals surface area contributed by atoms with Gasteiger partial charge < -0.3 is 32.0 Å². The van der Waals surface area contributed by atoms with Crippen LogP contribution in [0.3, 0.4) is 0 Å². The highest BCUT2D eigenvalue weighted by Gasteiger charge is 2.17. The number of guanidine groups is 1. The minimum atomic E-state index is -0.584. The number of benzene rings is 3. The van der Waals surface area contributed by atoms with E-state index in [1.807, 2.05) is 0 Å². The molecule has 11 nitrogen and oxygen atoms in total. The number of amides is 1. The summed E-state index contributed by atoms with van der Waals surface area (Å²) < 4.78 is 11.0. The molecule has 1 aliphatic heterocycles. The van der Waals surface area contributed by atoms with Gasteiger partial charge in [-0.05, 0) is 66.6 Å². The van der Waals surface area contributed by atoms with Gasteiger partial charge in [-0.25, -0.2) is 4.79 Å². The monoisotopic (exact) mass is 653 g/mol. The number of hydrogen-bond acceptors (Lipinski definition) is 7. The maximum Gasteiger partial charge on any atom is 0.343 e. The van der Waals surface area contributed by atoms with Crippen molar-refractivity contribution in [3.05, 3.63) is 71.3 Å². The highest BCUT2D eigenvalue weighted by atomic mass is 35.5. The van der Waals surface area contributed by atoms with Gasteiger partial charge >= 0.3 is 5.97 Å². The average Bonchev–Trinajstić information content (AvgIpc) is 2.94. The molecule has 0 bridgehead atoms. The number of carbonyl (C=O) groups excluding carboxylic acids is 2. The van der Waals surface area contributed by atoms with Crippen LogP contribution in [0.1, 0.15) is 34.3 Å². The van der Waals surface area contributed by atoms with E-state index in [1.165, 1.54) is 0 Å². The maximum atomic E-state index is 12.9. The Bertz CT molecular complexity index is 1420. The first-order valence-corrected chi connectivity index (χ1v) is 13.2. The molecule has 0 saturated carbocycles. The molecule has 0 aromatic heterocycles. The number of morpholine rings is 1. The lowest BCUT2D eigenvalue weighted by Crippen LogP contribution is -2.36. The van der Waals surface area contributed by atoms with E-state index in [0.717, 1.165) is 51.1 Å². The molecule has 0 atom stereocenters. The Balaban J connectivity index is 0.00000308. The fraction of sp³-hybridized carbons (Fsp3) is 0.310. The number of nitrogens with one attached hydrogen (secondary N) is 2. The first-order chi connectivity index (χ1) is 19.3. The molecule has 0 unspecified atom stereocenters. The third kappa shape index (κ3) is 10.9. The van der Waals surface area contributed by atoms with Gasteiger partial charge in [0, 0.05) is 36.4 Å². The van der Waals surface area contributed by atoms with E-state index >= 15 is 0 Å². The summed E-state index contributed by atoms with van der Waals surface area (Å²) in [5.41, 5.74) is 19.1.